The Morgan fingerprint density at radius 2 is 2.39 bits per heavy atom. The molecular weight excluding hydrogens is 349 g/mol. The first-order valence-corrected chi connectivity index (χ1v) is 9.16. The second kappa shape index (κ2) is 6.91. The maximum Gasteiger partial charge on any atom is 0.383 e. The predicted molar refractivity (Wildman–Crippen MR) is 82.3 cm³/mol. The summed E-state index contributed by atoms with van der Waals surface area (Å²) in [5, 5.41) is 3.54. The number of aromatic amines is 1. The summed E-state index contributed by atoms with van der Waals surface area (Å²) in [6.07, 6.45) is -0.161. The van der Waals surface area contributed by atoms with E-state index in [1.807, 2.05) is 0 Å². The van der Waals surface area contributed by atoms with Gasteiger partial charge in [0.15, 0.2) is 0 Å². The van der Waals surface area contributed by atoms with Crippen molar-refractivity contribution in [1.82, 2.24) is 9.55 Å². The van der Waals surface area contributed by atoms with E-state index >= 15 is 0 Å². The van der Waals surface area contributed by atoms with Crippen LogP contribution in [0.5, 0.6) is 0 Å². The molecular formula is C10H14N5O6PS. The molecule has 0 aliphatic carbocycles. The van der Waals surface area contributed by atoms with Gasteiger partial charge in [-0.05, 0) is 12.5 Å². The van der Waals surface area contributed by atoms with Crippen LogP contribution in [0.3, 0.4) is 0 Å². The molecule has 1 aliphatic rings. The third-order valence-electron chi connectivity index (χ3n) is 3.27. The molecule has 2 rings (SSSR count). The van der Waals surface area contributed by atoms with Crippen LogP contribution in [0, 0.1) is 6.92 Å². The quantitative estimate of drug-likeness (QED) is 0.231. The second-order valence-electron chi connectivity index (χ2n) is 4.90. The fourth-order valence-electron chi connectivity index (χ4n) is 2.19. The van der Waals surface area contributed by atoms with Crippen molar-refractivity contribution in [2.24, 2.45) is 5.11 Å². The molecule has 0 radical (unpaired) electrons. The molecule has 2 heterocycles. The molecule has 1 aliphatic heterocycles. The van der Waals surface area contributed by atoms with E-state index in [1.54, 1.807) is 0 Å². The van der Waals surface area contributed by atoms with E-state index in [-0.39, 0.29) is 13.0 Å². The minimum atomic E-state index is -4.02. The van der Waals surface area contributed by atoms with Crippen molar-refractivity contribution in [2.75, 3.05) is 6.61 Å². The Hall–Kier alpha value is -1.55. The Bertz CT molecular complexity index is 796. The monoisotopic (exact) mass is 363 g/mol. The molecule has 1 aromatic rings. The Kier molecular flexibility index (Phi) is 5.35. The zero-order valence-electron chi connectivity index (χ0n) is 11.9. The van der Waals surface area contributed by atoms with Crippen molar-refractivity contribution < 1.29 is 18.7 Å². The number of ether oxygens (including phenoxy) is 1. The normalized spacial score (nSPS) is 26.5. The molecule has 1 saturated heterocycles. The SMILES string of the molecule is Cc1cn(C2CC(N=[N+]=[N-])[C@@H](COP(=O)(O)S)O2)c(=O)[nH]c1=O. The molecule has 13 heteroatoms. The van der Waals surface area contributed by atoms with Gasteiger partial charge in [-0.15, -0.1) is 0 Å². The highest BCUT2D eigenvalue weighted by Crippen LogP contribution is 2.47. The van der Waals surface area contributed by atoms with Crippen LogP contribution in [-0.4, -0.2) is 33.2 Å². The van der Waals surface area contributed by atoms with Gasteiger partial charge in [0.2, 0.25) is 0 Å². The smallest absolute Gasteiger partial charge is 0.352 e. The minimum Gasteiger partial charge on any atom is -0.352 e. The Labute approximate surface area is 134 Å². The average Bonchev–Trinajstić information content (AvgIpc) is 2.83. The summed E-state index contributed by atoms with van der Waals surface area (Å²) in [5.41, 5.74) is 7.72. The second-order valence-corrected chi connectivity index (χ2v) is 7.66. The van der Waals surface area contributed by atoms with Crippen molar-refractivity contribution in [3.05, 3.63) is 43.0 Å². The van der Waals surface area contributed by atoms with E-state index in [0.717, 1.165) is 4.57 Å². The molecule has 126 valence electrons. The molecule has 0 bridgehead atoms. The number of aromatic nitrogens is 2. The third-order valence-corrected chi connectivity index (χ3v) is 4.10. The summed E-state index contributed by atoms with van der Waals surface area (Å²) in [7, 11) is 0. The van der Waals surface area contributed by atoms with Crippen LogP contribution in [0.2, 0.25) is 0 Å². The minimum absolute atomic E-state index is 0.145. The van der Waals surface area contributed by atoms with Crippen molar-refractivity contribution in [1.29, 1.82) is 0 Å². The molecule has 0 aromatic carbocycles. The van der Waals surface area contributed by atoms with Crippen LogP contribution in [-0.2, 0) is 13.8 Å². The molecule has 4 atom stereocenters. The molecule has 3 unspecified atom stereocenters. The van der Waals surface area contributed by atoms with Crippen molar-refractivity contribution >= 4 is 19.0 Å². The van der Waals surface area contributed by atoms with Gasteiger partial charge in [-0.2, -0.15) is 0 Å². The number of aryl methyl sites for hydroxylation is 1. The highest BCUT2D eigenvalue weighted by molar-refractivity contribution is 8.44. The number of H-pyrrole nitrogens is 1. The number of nitrogens with zero attached hydrogens (tertiary/aromatic N) is 4. The maximum absolute atomic E-state index is 11.9. The lowest BCUT2D eigenvalue weighted by atomic mass is 10.1. The van der Waals surface area contributed by atoms with Crippen molar-refractivity contribution in [3.63, 3.8) is 0 Å². The predicted octanol–water partition coefficient (Wildman–Crippen LogP) is 0.858. The number of azide groups is 1. The topological polar surface area (TPSA) is 159 Å². The van der Waals surface area contributed by atoms with Gasteiger partial charge in [0.05, 0.1) is 18.8 Å². The molecule has 0 spiro atoms. The Balaban J connectivity index is 2.24. The first-order chi connectivity index (χ1) is 10.7. The van der Waals surface area contributed by atoms with E-state index in [2.05, 4.69) is 31.8 Å². The van der Waals surface area contributed by atoms with E-state index in [0.29, 0.717) is 5.56 Å². The summed E-state index contributed by atoms with van der Waals surface area (Å²) in [5.74, 6) is 0. The Morgan fingerprint density at radius 1 is 1.70 bits per heavy atom. The summed E-state index contributed by atoms with van der Waals surface area (Å²) in [6, 6.07) is -0.705. The van der Waals surface area contributed by atoms with E-state index in [4.69, 9.17) is 15.2 Å². The zero-order chi connectivity index (χ0) is 17.2. The van der Waals surface area contributed by atoms with Crippen LogP contribution in [0.4, 0.5) is 0 Å². The van der Waals surface area contributed by atoms with E-state index in [9.17, 15) is 14.2 Å². The molecule has 2 N–H and O–H groups in total. The lowest BCUT2D eigenvalue weighted by Crippen LogP contribution is -2.33. The first-order valence-electron chi connectivity index (χ1n) is 6.43. The molecule has 11 nitrogen and oxygen atoms in total. The highest BCUT2D eigenvalue weighted by Gasteiger charge is 2.37. The van der Waals surface area contributed by atoms with Gasteiger partial charge in [0.1, 0.15) is 6.23 Å². The van der Waals surface area contributed by atoms with Gasteiger partial charge < -0.3 is 9.63 Å². The summed E-state index contributed by atoms with van der Waals surface area (Å²) >= 11 is 3.38. The fourth-order valence-corrected chi connectivity index (χ4v) is 2.74. The molecule has 0 saturated carbocycles. The fraction of sp³-hybridized carbons (Fsp3) is 0.600. The van der Waals surface area contributed by atoms with Crippen LogP contribution in [0.25, 0.3) is 10.4 Å². The molecule has 0 amide bonds. The van der Waals surface area contributed by atoms with Gasteiger partial charge in [0, 0.05) is 23.1 Å². The lowest BCUT2D eigenvalue weighted by Gasteiger charge is -2.17. The summed E-state index contributed by atoms with van der Waals surface area (Å²) in [4.78, 5) is 37.1. The molecule has 23 heavy (non-hydrogen) atoms. The van der Waals surface area contributed by atoms with Crippen LogP contribution >= 0.6 is 19.0 Å². The zero-order valence-corrected chi connectivity index (χ0v) is 13.7. The Morgan fingerprint density at radius 3 is 3.00 bits per heavy atom. The highest BCUT2D eigenvalue weighted by atomic mass is 32.7. The molecule has 1 aromatic heterocycles. The van der Waals surface area contributed by atoms with Gasteiger partial charge in [-0.25, -0.2) is 9.36 Å². The average molecular weight is 363 g/mol. The number of hydrogen-bond donors (Lipinski definition) is 3. The summed E-state index contributed by atoms with van der Waals surface area (Å²) < 4.78 is 22.5. The first kappa shape index (κ1) is 17.8. The standard InChI is InChI=1S/C10H14N5O6PS/c1-5-3-15(10(17)12-9(5)16)8-2-6(13-14-11)7(21-8)4-20-22(18,19)23/h3,6-8H,2,4H2,1H3,(H,12,16,17)(H2,18,19,23)/t6?,7-,8?/m1/s1. The third kappa shape index (κ3) is 4.47. The number of thiol groups is 1. The number of hydrogen-bond acceptors (Lipinski definition) is 6. The largest absolute Gasteiger partial charge is 0.383 e. The number of nitrogens with one attached hydrogen (secondary N) is 1. The van der Waals surface area contributed by atoms with E-state index < -0.39 is 36.4 Å². The van der Waals surface area contributed by atoms with Gasteiger partial charge in [-0.1, -0.05) is 17.4 Å². The van der Waals surface area contributed by atoms with Crippen molar-refractivity contribution in [3.8, 4) is 0 Å². The van der Waals surface area contributed by atoms with Crippen LogP contribution in [0.1, 0.15) is 18.2 Å². The lowest BCUT2D eigenvalue weighted by molar-refractivity contribution is -0.0231. The number of rotatable bonds is 5. The van der Waals surface area contributed by atoms with Gasteiger partial charge in [0.25, 0.3) is 5.56 Å². The van der Waals surface area contributed by atoms with Gasteiger partial charge in [-0.3, -0.25) is 18.9 Å². The van der Waals surface area contributed by atoms with E-state index in [1.165, 1.54) is 13.1 Å². The summed E-state index contributed by atoms with van der Waals surface area (Å²) in [6.45, 7) is -2.83. The van der Waals surface area contributed by atoms with Gasteiger partial charge >= 0.3 is 12.5 Å². The molecule has 1 fully saturated rings. The van der Waals surface area contributed by atoms with Crippen LogP contribution < -0.4 is 11.2 Å². The maximum atomic E-state index is 11.9. The van der Waals surface area contributed by atoms with Crippen LogP contribution in [0.15, 0.2) is 20.9 Å². The van der Waals surface area contributed by atoms with Crippen molar-refractivity contribution in [2.45, 2.75) is 31.7 Å².